The van der Waals surface area contributed by atoms with Crippen LogP contribution in [0.1, 0.15) is 33.6 Å². The topological polar surface area (TPSA) is 69.6 Å². The highest BCUT2D eigenvalue weighted by Gasteiger charge is 2.39. The van der Waals surface area contributed by atoms with Crippen LogP contribution in [0.5, 0.6) is 0 Å². The molecule has 0 aromatic heterocycles. The second-order valence-corrected chi connectivity index (χ2v) is 6.31. The predicted molar refractivity (Wildman–Crippen MR) is 72.7 cm³/mol. The number of amides is 2. The average molecular weight is 274 g/mol. The number of nitrogens with zero attached hydrogens (tertiary/aromatic N) is 1. The molecule has 5 nitrogen and oxygen atoms in total. The summed E-state index contributed by atoms with van der Waals surface area (Å²) in [4.78, 5) is 24.4. The summed E-state index contributed by atoms with van der Waals surface area (Å²) < 4.78 is 0. The molecular formula is C12H22N2O3S. The Bertz CT molecular complexity index is 310. The molecule has 0 saturated carbocycles. The van der Waals surface area contributed by atoms with Gasteiger partial charge in [-0.15, -0.1) is 11.8 Å². The maximum absolute atomic E-state index is 12.0. The van der Waals surface area contributed by atoms with Crippen molar-refractivity contribution in [1.29, 1.82) is 0 Å². The fourth-order valence-electron chi connectivity index (χ4n) is 1.94. The van der Waals surface area contributed by atoms with Crippen LogP contribution in [0.3, 0.4) is 0 Å². The first-order valence-corrected chi connectivity index (χ1v) is 7.39. The normalized spacial score (nSPS) is 23.4. The number of hydrogen-bond donors (Lipinski definition) is 2. The Morgan fingerprint density at radius 2 is 2.17 bits per heavy atom. The van der Waals surface area contributed by atoms with Crippen molar-refractivity contribution in [3.63, 3.8) is 0 Å². The van der Waals surface area contributed by atoms with E-state index < -0.39 is 12.0 Å². The van der Waals surface area contributed by atoms with Crippen LogP contribution in [-0.2, 0) is 4.79 Å². The predicted octanol–water partition coefficient (Wildman–Crippen LogP) is 1.98. The second-order valence-electron chi connectivity index (χ2n) is 4.96. The highest BCUT2D eigenvalue weighted by molar-refractivity contribution is 8.00. The monoisotopic (exact) mass is 274 g/mol. The van der Waals surface area contributed by atoms with E-state index in [4.69, 9.17) is 5.11 Å². The minimum absolute atomic E-state index is 0.0730. The highest BCUT2D eigenvalue weighted by atomic mass is 32.2. The molecule has 0 aliphatic carbocycles. The molecule has 1 aliphatic rings. The molecule has 1 fully saturated rings. The van der Waals surface area contributed by atoms with Crippen LogP contribution >= 0.6 is 11.8 Å². The summed E-state index contributed by atoms with van der Waals surface area (Å²) in [5, 5.41) is 11.8. The molecule has 0 spiro atoms. The minimum atomic E-state index is -0.927. The van der Waals surface area contributed by atoms with Gasteiger partial charge in [-0.05, 0) is 25.7 Å². The number of carbonyl (C=O) groups excluding carboxylic acids is 1. The molecule has 1 heterocycles. The number of nitrogens with one attached hydrogen (secondary N) is 1. The van der Waals surface area contributed by atoms with Crippen molar-refractivity contribution >= 4 is 23.8 Å². The van der Waals surface area contributed by atoms with E-state index >= 15 is 0 Å². The molecule has 6 heteroatoms. The summed E-state index contributed by atoms with van der Waals surface area (Å²) in [5.74, 6) is 0.162. The smallest absolute Gasteiger partial charge is 0.327 e. The van der Waals surface area contributed by atoms with Gasteiger partial charge in [0.15, 0.2) is 0 Å². The van der Waals surface area contributed by atoms with Gasteiger partial charge in [0.2, 0.25) is 0 Å². The minimum Gasteiger partial charge on any atom is -0.480 e. The van der Waals surface area contributed by atoms with Crippen molar-refractivity contribution in [2.24, 2.45) is 5.92 Å². The van der Waals surface area contributed by atoms with Crippen LogP contribution in [0.4, 0.5) is 4.79 Å². The summed E-state index contributed by atoms with van der Waals surface area (Å²) in [6.45, 7) is 6.75. The summed E-state index contributed by atoms with van der Waals surface area (Å²) in [5.41, 5.74) is 0. The van der Waals surface area contributed by atoms with Crippen LogP contribution in [-0.4, -0.2) is 45.7 Å². The molecule has 0 radical (unpaired) electrons. The van der Waals surface area contributed by atoms with Crippen molar-refractivity contribution in [2.75, 3.05) is 12.3 Å². The number of hydrogen-bond acceptors (Lipinski definition) is 3. The van der Waals surface area contributed by atoms with E-state index in [1.54, 1.807) is 0 Å². The molecule has 1 saturated heterocycles. The zero-order valence-electron chi connectivity index (χ0n) is 11.2. The standard InChI is InChI=1S/C12H22N2O3S/c1-8(2)5-4-6-13-12(17)14-9(3)18-7-10(14)11(15)16/h8-10H,4-7H2,1-3H3,(H,13,17)(H,15,16). The third-order valence-electron chi connectivity index (χ3n) is 2.98. The first-order valence-electron chi connectivity index (χ1n) is 6.34. The van der Waals surface area contributed by atoms with Crippen molar-refractivity contribution in [3.8, 4) is 0 Å². The van der Waals surface area contributed by atoms with E-state index in [-0.39, 0.29) is 11.4 Å². The summed E-state index contributed by atoms with van der Waals surface area (Å²) in [6.07, 6.45) is 1.99. The first-order chi connectivity index (χ1) is 8.43. The highest BCUT2D eigenvalue weighted by Crippen LogP contribution is 2.28. The fraction of sp³-hybridized carbons (Fsp3) is 0.833. The first kappa shape index (κ1) is 15.1. The molecular weight excluding hydrogens is 252 g/mol. The molecule has 0 aromatic carbocycles. The van der Waals surface area contributed by atoms with Gasteiger partial charge in [-0.2, -0.15) is 0 Å². The van der Waals surface area contributed by atoms with Gasteiger partial charge in [-0.3, -0.25) is 4.90 Å². The lowest BCUT2D eigenvalue weighted by molar-refractivity contribution is -0.141. The van der Waals surface area contributed by atoms with Gasteiger partial charge in [0.1, 0.15) is 6.04 Å². The van der Waals surface area contributed by atoms with Crippen LogP contribution in [0.2, 0.25) is 0 Å². The quantitative estimate of drug-likeness (QED) is 0.752. The number of urea groups is 1. The maximum Gasteiger partial charge on any atom is 0.327 e. The Kier molecular flexibility index (Phi) is 5.78. The molecule has 1 rings (SSSR count). The Morgan fingerprint density at radius 3 is 2.72 bits per heavy atom. The third kappa shape index (κ3) is 4.08. The number of carboxylic acids is 1. The molecule has 2 amide bonds. The number of thioether (sulfide) groups is 1. The lowest BCUT2D eigenvalue weighted by Gasteiger charge is -2.25. The van der Waals surface area contributed by atoms with Crippen LogP contribution in [0, 0.1) is 5.92 Å². The van der Waals surface area contributed by atoms with E-state index in [2.05, 4.69) is 19.2 Å². The fourth-order valence-corrected chi connectivity index (χ4v) is 3.11. The van der Waals surface area contributed by atoms with Gasteiger partial charge in [-0.25, -0.2) is 9.59 Å². The lowest BCUT2D eigenvalue weighted by atomic mass is 10.1. The number of carbonyl (C=O) groups is 2. The molecule has 104 valence electrons. The SMILES string of the molecule is CC(C)CCCNC(=O)N1C(C)SCC1C(=O)O. The van der Waals surface area contributed by atoms with Crippen LogP contribution in [0.25, 0.3) is 0 Å². The van der Waals surface area contributed by atoms with Crippen LogP contribution < -0.4 is 5.32 Å². The third-order valence-corrected chi connectivity index (χ3v) is 4.19. The van der Waals surface area contributed by atoms with Crippen LogP contribution in [0.15, 0.2) is 0 Å². The van der Waals surface area contributed by atoms with E-state index in [1.807, 2.05) is 6.92 Å². The zero-order chi connectivity index (χ0) is 13.7. The van der Waals surface area contributed by atoms with Crippen molar-refractivity contribution in [3.05, 3.63) is 0 Å². The summed E-state index contributed by atoms with van der Waals surface area (Å²) in [6, 6.07) is -0.959. The molecule has 1 aliphatic heterocycles. The number of carboxylic acid groups (broad SMARTS) is 1. The van der Waals surface area contributed by atoms with Gasteiger partial charge < -0.3 is 10.4 Å². The Morgan fingerprint density at radius 1 is 1.50 bits per heavy atom. The average Bonchev–Trinajstić information content (AvgIpc) is 2.66. The molecule has 2 atom stereocenters. The molecule has 2 N–H and O–H groups in total. The van der Waals surface area contributed by atoms with E-state index in [0.29, 0.717) is 18.2 Å². The Balaban J connectivity index is 2.41. The molecule has 2 unspecified atom stereocenters. The second kappa shape index (κ2) is 6.87. The Hall–Kier alpha value is -0.910. The summed E-state index contributed by atoms with van der Waals surface area (Å²) >= 11 is 1.50. The summed E-state index contributed by atoms with van der Waals surface area (Å²) in [7, 11) is 0. The molecule has 0 bridgehead atoms. The van der Waals surface area contributed by atoms with Crippen molar-refractivity contribution in [1.82, 2.24) is 10.2 Å². The van der Waals surface area contributed by atoms with E-state index in [9.17, 15) is 9.59 Å². The lowest BCUT2D eigenvalue weighted by Crippen LogP contribution is -2.49. The maximum atomic E-state index is 12.0. The number of aliphatic carboxylic acids is 1. The Labute approximate surface area is 112 Å². The zero-order valence-corrected chi connectivity index (χ0v) is 12.0. The molecule has 18 heavy (non-hydrogen) atoms. The van der Waals surface area contributed by atoms with Crippen molar-refractivity contribution < 1.29 is 14.7 Å². The van der Waals surface area contributed by atoms with Gasteiger partial charge in [0.25, 0.3) is 0 Å². The van der Waals surface area contributed by atoms with Gasteiger partial charge in [0, 0.05) is 12.3 Å². The van der Waals surface area contributed by atoms with Crippen molar-refractivity contribution in [2.45, 2.75) is 45.0 Å². The number of rotatable bonds is 5. The van der Waals surface area contributed by atoms with E-state index in [1.165, 1.54) is 16.7 Å². The van der Waals surface area contributed by atoms with Gasteiger partial charge >= 0.3 is 12.0 Å². The van der Waals surface area contributed by atoms with Gasteiger partial charge in [-0.1, -0.05) is 13.8 Å². The molecule has 0 aromatic rings. The van der Waals surface area contributed by atoms with Gasteiger partial charge in [0.05, 0.1) is 5.37 Å². The van der Waals surface area contributed by atoms with E-state index in [0.717, 1.165) is 12.8 Å². The largest absolute Gasteiger partial charge is 0.480 e.